The summed E-state index contributed by atoms with van der Waals surface area (Å²) in [6.07, 6.45) is 7.64. The molecule has 2 heterocycles. The number of fused-ring (bicyclic) bond motifs is 1. The lowest BCUT2D eigenvalue weighted by molar-refractivity contribution is -0.0884. The fourth-order valence-corrected chi connectivity index (χ4v) is 4.00. The molecular formula is C23H31N5O4. The number of anilines is 1. The number of benzene rings is 1. The summed E-state index contributed by atoms with van der Waals surface area (Å²) in [5.41, 5.74) is 7.03. The highest BCUT2D eigenvalue weighted by Gasteiger charge is 2.17. The van der Waals surface area contributed by atoms with E-state index in [0.717, 1.165) is 12.2 Å². The van der Waals surface area contributed by atoms with Crippen LogP contribution in [0.4, 0.5) is 5.95 Å². The van der Waals surface area contributed by atoms with Crippen molar-refractivity contribution in [1.29, 1.82) is 0 Å². The van der Waals surface area contributed by atoms with Gasteiger partial charge in [-0.3, -0.25) is 14.3 Å². The van der Waals surface area contributed by atoms with E-state index in [2.05, 4.69) is 15.0 Å². The van der Waals surface area contributed by atoms with Crippen LogP contribution in [-0.2, 0) is 27.5 Å². The predicted molar refractivity (Wildman–Crippen MR) is 121 cm³/mol. The van der Waals surface area contributed by atoms with Gasteiger partial charge in [-0.1, -0.05) is 49.6 Å². The molecule has 1 unspecified atom stereocenters. The number of hydrogen-bond acceptors (Lipinski definition) is 7. The van der Waals surface area contributed by atoms with E-state index in [0.29, 0.717) is 31.4 Å². The minimum atomic E-state index is -0.371. The Hall–Kier alpha value is -2.75. The van der Waals surface area contributed by atoms with Gasteiger partial charge < -0.3 is 19.9 Å². The summed E-state index contributed by atoms with van der Waals surface area (Å²) in [7, 11) is 0. The van der Waals surface area contributed by atoms with Crippen molar-refractivity contribution < 1.29 is 14.2 Å². The maximum atomic E-state index is 12.0. The Morgan fingerprint density at radius 3 is 2.72 bits per heavy atom. The van der Waals surface area contributed by atoms with Crippen LogP contribution in [0.3, 0.4) is 0 Å². The van der Waals surface area contributed by atoms with Crippen molar-refractivity contribution in [3.63, 3.8) is 0 Å². The van der Waals surface area contributed by atoms with Crippen molar-refractivity contribution in [2.75, 3.05) is 25.6 Å². The van der Waals surface area contributed by atoms with E-state index in [1.165, 1.54) is 38.4 Å². The molecule has 0 radical (unpaired) electrons. The van der Waals surface area contributed by atoms with Crippen molar-refractivity contribution in [3.8, 4) is 0 Å². The number of aromatic amines is 1. The smallest absolute Gasteiger partial charge is 0.280 e. The maximum Gasteiger partial charge on any atom is 0.280 e. The first kappa shape index (κ1) is 22.4. The molecule has 1 saturated carbocycles. The zero-order valence-corrected chi connectivity index (χ0v) is 18.2. The van der Waals surface area contributed by atoms with E-state index in [9.17, 15) is 4.79 Å². The van der Waals surface area contributed by atoms with Gasteiger partial charge in [-0.15, -0.1) is 0 Å². The standard InChI is InChI=1S/C23H31N5O4/c24-23-26-21-20(22(29)27-23)25-15-28(21)16-32-19(13-30-11-17-7-3-1-4-8-17)14-31-12-18-9-5-2-6-10-18/h1,3-4,7-8,15,18-19H,2,5-6,9-14,16H2,(H3,24,26,27,29). The Balaban J connectivity index is 1.34. The highest BCUT2D eigenvalue weighted by molar-refractivity contribution is 5.70. The van der Waals surface area contributed by atoms with Gasteiger partial charge in [0.25, 0.3) is 5.56 Å². The number of nitrogens with zero attached hydrogens (tertiary/aromatic N) is 3. The Bertz CT molecular complexity index is 1030. The number of nitrogens with two attached hydrogens (primary N) is 1. The second-order valence-corrected chi connectivity index (χ2v) is 8.30. The highest BCUT2D eigenvalue weighted by atomic mass is 16.6. The average molecular weight is 442 g/mol. The molecule has 4 rings (SSSR count). The number of imidazole rings is 1. The third-order valence-corrected chi connectivity index (χ3v) is 5.74. The molecule has 0 aliphatic heterocycles. The molecule has 3 N–H and O–H groups in total. The molecule has 3 aromatic rings. The average Bonchev–Trinajstić information content (AvgIpc) is 3.21. The molecule has 172 valence electrons. The van der Waals surface area contributed by atoms with Crippen molar-refractivity contribution in [2.45, 2.75) is 51.5 Å². The molecule has 1 aliphatic rings. The Kier molecular flexibility index (Phi) is 7.87. The van der Waals surface area contributed by atoms with Gasteiger partial charge in [-0.25, -0.2) is 4.98 Å². The quantitative estimate of drug-likeness (QED) is 0.470. The molecule has 32 heavy (non-hydrogen) atoms. The third-order valence-electron chi connectivity index (χ3n) is 5.74. The molecule has 0 saturated heterocycles. The van der Waals surface area contributed by atoms with E-state index in [4.69, 9.17) is 19.9 Å². The van der Waals surface area contributed by atoms with Crippen LogP contribution in [0.25, 0.3) is 11.2 Å². The van der Waals surface area contributed by atoms with Gasteiger partial charge in [0, 0.05) is 6.61 Å². The minimum absolute atomic E-state index is 0.0443. The molecule has 1 fully saturated rings. The summed E-state index contributed by atoms with van der Waals surface area (Å²) in [5.74, 6) is 0.675. The summed E-state index contributed by atoms with van der Waals surface area (Å²) >= 11 is 0. The number of H-pyrrole nitrogens is 1. The van der Waals surface area contributed by atoms with Crippen LogP contribution in [0.5, 0.6) is 0 Å². The fraction of sp³-hybridized carbons (Fsp3) is 0.522. The van der Waals surface area contributed by atoms with Crippen molar-refractivity contribution >= 4 is 17.1 Å². The first-order valence-electron chi connectivity index (χ1n) is 11.2. The number of aromatic nitrogens is 4. The van der Waals surface area contributed by atoms with Crippen molar-refractivity contribution in [3.05, 3.63) is 52.6 Å². The lowest BCUT2D eigenvalue weighted by Crippen LogP contribution is -2.28. The van der Waals surface area contributed by atoms with Gasteiger partial charge in [-0.05, 0) is 24.3 Å². The molecule has 1 atom stereocenters. The van der Waals surface area contributed by atoms with E-state index in [-0.39, 0.29) is 29.9 Å². The van der Waals surface area contributed by atoms with Gasteiger partial charge in [-0.2, -0.15) is 4.98 Å². The lowest BCUT2D eigenvalue weighted by Gasteiger charge is -2.23. The Morgan fingerprint density at radius 2 is 1.91 bits per heavy atom. The number of ether oxygens (including phenoxy) is 3. The lowest BCUT2D eigenvalue weighted by atomic mass is 9.90. The van der Waals surface area contributed by atoms with Gasteiger partial charge in [0.2, 0.25) is 5.95 Å². The monoisotopic (exact) mass is 441 g/mol. The van der Waals surface area contributed by atoms with Crippen LogP contribution in [0.1, 0.15) is 37.7 Å². The second kappa shape index (κ2) is 11.2. The summed E-state index contributed by atoms with van der Waals surface area (Å²) in [6, 6.07) is 10.0. The van der Waals surface area contributed by atoms with Gasteiger partial charge >= 0.3 is 0 Å². The van der Waals surface area contributed by atoms with Crippen molar-refractivity contribution in [2.24, 2.45) is 5.92 Å². The zero-order valence-electron chi connectivity index (χ0n) is 18.2. The number of nitrogen functional groups attached to an aromatic ring is 1. The first-order chi connectivity index (χ1) is 15.7. The summed E-state index contributed by atoms with van der Waals surface area (Å²) < 4.78 is 19.7. The molecule has 2 aromatic heterocycles. The number of rotatable bonds is 11. The SMILES string of the molecule is Nc1nc2c(ncn2COC(COCc2ccccc2)COCC2CCCCC2)c(=O)[nH]1. The van der Waals surface area contributed by atoms with Crippen LogP contribution >= 0.6 is 0 Å². The van der Waals surface area contributed by atoms with E-state index in [1.54, 1.807) is 4.57 Å². The summed E-state index contributed by atoms with van der Waals surface area (Å²) in [5, 5.41) is 0. The maximum absolute atomic E-state index is 12.0. The molecule has 9 nitrogen and oxygen atoms in total. The van der Waals surface area contributed by atoms with E-state index >= 15 is 0 Å². The first-order valence-corrected chi connectivity index (χ1v) is 11.2. The normalized spacial score (nSPS) is 15.9. The van der Waals surface area contributed by atoms with Crippen LogP contribution in [-0.4, -0.2) is 45.4 Å². The molecular weight excluding hydrogens is 410 g/mol. The van der Waals surface area contributed by atoms with E-state index in [1.807, 2.05) is 30.3 Å². The zero-order chi connectivity index (χ0) is 22.2. The topological polar surface area (TPSA) is 117 Å². The van der Waals surface area contributed by atoms with Crippen molar-refractivity contribution in [1.82, 2.24) is 19.5 Å². The Labute approximate surface area is 186 Å². The number of nitrogens with one attached hydrogen (secondary N) is 1. The predicted octanol–water partition coefficient (Wildman–Crippen LogP) is 2.86. The molecule has 0 amide bonds. The summed E-state index contributed by atoms with van der Waals surface area (Å²) in [4.78, 5) is 22.7. The van der Waals surface area contributed by atoms with Crippen LogP contribution in [0.2, 0.25) is 0 Å². The Morgan fingerprint density at radius 1 is 1.12 bits per heavy atom. The van der Waals surface area contributed by atoms with Crippen LogP contribution < -0.4 is 11.3 Å². The van der Waals surface area contributed by atoms with Crippen LogP contribution in [0, 0.1) is 5.92 Å². The third kappa shape index (κ3) is 6.15. The molecule has 1 aliphatic carbocycles. The van der Waals surface area contributed by atoms with Gasteiger partial charge in [0.15, 0.2) is 11.2 Å². The molecule has 1 aromatic carbocycles. The second-order valence-electron chi connectivity index (χ2n) is 8.30. The molecule has 0 bridgehead atoms. The summed E-state index contributed by atoms with van der Waals surface area (Å²) in [6.45, 7) is 2.25. The van der Waals surface area contributed by atoms with E-state index < -0.39 is 0 Å². The molecule has 9 heteroatoms. The number of hydrogen-bond donors (Lipinski definition) is 2. The van der Waals surface area contributed by atoms with Crippen LogP contribution in [0.15, 0.2) is 41.5 Å². The fourth-order valence-electron chi connectivity index (χ4n) is 4.00. The minimum Gasteiger partial charge on any atom is -0.378 e. The highest BCUT2D eigenvalue weighted by Crippen LogP contribution is 2.23. The van der Waals surface area contributed by atoms with Gasteiger partial charge in [0.05, 0.1) is 26.1 Å². The largest absolute Gasteiger partial charge is 0.378 e. The molecule has 0 spiro atoms. The van der Waals surface area contributed by atoms with Gasteiger partial charge in [0.1, 0.15) is 12.8 Å².